The summed E-state index contributed by atoms with van der Waals surface area (Å²) in [7, 11) is 0. The van der Waals surface area contributed by atoms with Gasteiger partial charge in [0, 0.05) is 11.6 Å². The number of aromatic nitrogens is 1. The highest BCUT2D eigenvalue weighted by molar-refractivity contribution is 5.91. The van der Waals surface area contributed by atoms with E-state index >= 15 is 0 Å². The molecule has 0 amide bonds. The van der Waals surface area contributed by atoms with Crippen LogP contribution >= 0.6 is 0 Å². The Hall–Kier alpha value is -2.72. The SMILES string of the molecule is O=C(O)c1cc2ccccc2cn1.OCc1ccccc1. The van der Waals surface area contributed by atoms with Crippen molar-refractivity contribution in [3.8, 4) is 0 Å². The van der Waals surface area contributed by atoms with Crippen molar-refractivity contribution in [3.63, 3.8) is 0 Å². The summed E-state index contributed by atoms with van der Waals surface area (Å²) in [5, 5.41) is 19.1. The molecule has 0 fully saturated rings. The van der Waals surface area contributed by atoms with Crippen molar-refractivity contribution in [1.29, 1.82) is 0 Å². The van der Waals surface area contributed by atoms with Gasteiger partial charge in [0.2, 0.25) is 0 Å². The smallest absolute Gasteiger partial charge is 0.354 e. The molecule has 4 heteroatoms. The van der Waals surface area contributed by atoms with Crippen LogP contribution in [0.3, 0.4) is 0 Å². The van der Waals surface area contributed by atoms with Crippen molar-refractivity contribution in [1.82, 2.24) is 4.98 Å². The van der Waals surface area contributed by atoms with Gasteiger partial charge in [-0.2, -0.15) is 0 Å². The lowest BCUT2D eigenvalue weighted by atomic mass is 10.1. The molecule has 0 atom stereocenters. The first-order chi connectivity index (χ1) is 10.2. The van der Waals surface area contributed by atoms with Crippen molar-refractivity contribution in [2.75, 3.05) is 0 Å². The highest BCUT2D eigenvalue weighted by atomic mass is 16.4. The molecule has 0 radical (unpaired) electrons. The molecule has 3 rings (SSSR count). The van der Waals surface area contributed by atoms with E-state index in [2.05, 4.69) is 4.98 Å². The maximum absolute atomic E-state index is 10.6. The molecule has 0 saturated carbocycles. The number of nitrogens with zero attached hydrogens (tertiary/aromatic N) is 1. The van der Waals surface area contributed by atoms with Crippen molar-refractivity contribution >= 4 is 16.7 Å². The number of hydrogen-bond donors (Lipinski definition) is 2. The van der Waals surface area contributed by atoms with Gasteiger partial charge in [-0.1, -0.05) is 54.6 Å². The number of pyridine rings is 1. The monoisotopic (exact) mass is 281 g/mol. The normalized spacial score (nSPS) is 9.76. The fraction of sp³-hybridized carbons (Fsp3) is 0.0588. The molecule has 1 aromatic heterocycles. The van der Waals surface area contributed by atoms with Gasteiger partial charge in [-0.3, -0.25) is 0 Å². The number of hydrogen-bond acceptors (Lipinski definition) is 3. The van der Waals surface area contributed by atoms with Crippen LogP contribution in [0.2, 0.25) is 0 Å². The van der Waals surface area contributed by atoms with Crippen LogP contribution in [0, 0.1) is 0 Å². The first-order valence-corrected chi connectivity index (χ1v) is 6.43. The molecule has 0 unspecified atom stereocenters. The van der Waals surface area contributed by atoms with E-state index in [1.165, 1.54) is 0 Å². The largest absolute Gasteiger partial charge is 0.477 e. The standard InChI is InChI=1S/C10H7NO2.C7H8O/c12-10(13)9-5-7-3-1-2-4-8(7)6-11-9;8-6-7-4-2-1-3-5-7/h1-6H,(H,12,13);1-5,8H,6H2. The number of fused-ring (bicyclic) bond motifs is 1. The predicted octanol–water partition coefficient (Wildman–Crippen LogP) is 3.11. The topological polar surface area (TPSA) is 70.4 Å². The van der Waals surface area contributed by atoms with Gasteiger partial charge in [-0.25, -0.2) is 9.78 Å². The second-order valence-corrected chi connectivity index (χ2v) is 4.37. The van der Waals surface area contributed by atoms with Gasteiger partial charge in [0.25, 0.3) is 0 Å². The second kappa shape index (κ2) is 7.17. The molecule has 1 heterocycles. The summed E-state index contributed by atoms with van der Waals surface area (Å²) in [5.41, 5.74) is 1.05. The minimum absolute atomic E-state index is 0.0821. The fourth-order valence-corrected chi connectivity index (χ4v) is 1.78. The maximum atomic E-state index is 10.6. The molecular formula is C17H15NO3. The van der Waals surface area contributed by atoms with E-state index in [1.807, 2.05) is 54.6 Å². The molecule has 0 spiro atoms. The Balaban J connectivity index is 0.000000173. The van der Waals surface area contributed by atoms with E-state index in [1.54, 1.807) is 12.3 Å². The summed E-state index contributed by atoms with van der Waals surface area (Å²) < 4.78 is 0. The van der Waals surface area contributed by atoms with Crippen LogP contribution in [0.1, 0.15) is 16.1 Å². The predicted molar refractivity (Wildman–Crippen MR) is 81.1 cm³/mol. The van der Waals surface area contributed by atoms with Crippen molar-refractivity contribution in [2.24, 2.45) is 0 Å². The molecule has 2 aromatic carbocycles. The van der Waals surface area contributed by atoms with Crippen LogP contribution in [0.25, 0.3) is 10.8 Å². The fourth-order valence-electron chi connectivity index (χ4n) is 1.78. The van der Waals surface area contributed by atoms with Crippen LogP contribution in [-0.2, 0) is 6.61 Å². The van der Waals surface area contributed by atoms with Gasteiger partial charge in [0.1, 0.15) is 5.69 Å². The summed E-state index contributed by atoms with van der Waals surface area (Å²) >= 11 is 0. The van der Waals surface area contributed by atoms with Crippen LogP contribution in [-0.4, -0.2) is 21.2 Å². The number of aliphatic hydroxyl groups is 1. The van der Waals surface area contributed by atoms with Crippen molar-refractivity contribution in [3.05, 3.63) is 78.1 Å². The molecule has 0 aliphatic rings. The molecule has 0 aliphatic carbocycles. The number of rotatable bonds is 2. The van der Waals surface area contributed by atoms with Gasteiger partial charge < -0.3 is 10.2 Å². The third-order valence-electron chi connectivity index (χ3n) is 2.88. The molecule has 4 nitrogen and oxygen atoms in total. The molecule has 0 aliphatic heterocycles. The average Bonchev–Trinajstić information content (AvgIpc) is 2.55. The molecule has 106 valence electrons. The van der Waals surface area contributed by atoms with Gasteiger partial charge in [0.05, 0.1) is 6.61 Å². The van der Waals surface area contributed by atoms with Crippen molar-refractivity contribution in [2.45, 2.75) is 6.61 Å². The quantitative estimate of drug-likeness (QED) is 0.757. The molecule has 0 bridgehead atoms. The Morgan fingerprint density at radius 1 is 0.952 bits per heavy atom. The van der Waals surface area contributed by atoms with Crippen LogP contribution in [0.4, 0.5) is 0 Å². The number of carbonyl (C=O) groups is 1. The second-order valence-electron chi connectivity index (χ2n) is 4.37. The Morgan fingerprint density at radius 2 is 1.57 bits per heavy atom. The summed E-state index contributed by atoms with van der Waals surface area (Å²) in [5.74, 6) is -0.995. The van der Waals surface area contributed by atoms with E-state index in [0.29, 0.717) is 0 Å². The third kappa shape index (κ3) is 4.12. The lowest BCUT2D eigenvalue weighted by Crippen LogP contribution is -1.98. The highest BCUT2D eigenvalue weighted by Gasteiger charge is 2.03. The minimum Gasteiger partial charge on any atom is -0.477 e. The van der Waals surface area contributed by atoms with Gasteiger partial charge in [-0.15, -0.1) is 0 Å². The first kappa shape index (κ1) is 14.7. The van der Waals surface area contributed by atoms with E-state index in [4.69, 9.17) is 10.2 Å². The zero-order chi connectivity index (χ0) is 15.1. The number of benzene rings is 2. The van der Waals surface area contributed by atoms with Crippen molar-refractivity contribution < 1.29 is 15.0 Å². The molecule has 3 aromatic rings. The summed E-state index contributed by atoms with van der Waals surface area (Å²) in [6, 6.07) is 18.6. The number of carboxylic acid groups (broad SMARTS) is 1. The Kier molecular flexibility index (Phi) is 5.01. The summed E-state index contributed by atoms with van der Waals surface area (Å²) in [4.78, 5) is 14.4. The Bertz CT molecular complexity index is 726. The average molecular weight is 281 g/mol. The van der Waals surface area contributed by atoms with Crippen LogP contribution in [0.5, 0.6) is 0 Å². The van der Waals surface area contributed by atoms with Gasteiger partial charge in [-0.05, 0) is 17.0 Å². The van der Waals surface area contributed by atoms with E-state index in [0.717, 1.165) is 16.3 Å². The van der Waals surface area contributed by atoms with E-state index < -0.39 is 5.97 Å². The number of carboxylic acids is 1. The third-order valence-corrected chi connectivity index (χ3v) is 2.88. The van der Waals surface area contributed by atoms with E-state index in [-0.39, 0.29) is 12.3 Å². The Labute approximate surface area is 122 Å². The van der Waals surface area contributed by atoms with Crippen LogP contribution in [0.15, 0.2) is 66.9 Å². The molecule has 21 heavy (non-hydrogen) atoms. The lowest BCUT2D eigenvalue weighted by Gasteiger charge is -1.97. The number of aliphatic hydroxyl groups excluding tert-OH is 1. The zero-order valence-electron chi connectivity index (χ0n) is 11.3. The first-order valence-electron chi connectivity index (χ1n) is 6.43. The maximum Gasteiger partial charge on any atom is 0.354 e. The molecule has 2 N–H and O–H groups in total. The minimum atomic E-state index is -0.995. The molecule has 0 saturated heterocycles. The summed E-state index contributed by atoms with van der Waals surface area (Å²) in [6.07, 6.45) is 1.57. The van der Waals surface area contributed by atoms with Gasteiger partial charge >= 0.3 is 5.97 Å². The lowest BCUT2D eigenvalue weighted by molar-refractivity contribution is 0.0690. The number of aromatic carboxylic acids is 1. The summed E-state index contributed by atoms with van der Waals surface area (Å²) in [6.45, 7) is 0.140. The highest BCUT2D eigenvalue weighted by Crippen LogP contribution is 2.12. The molecular weight excluding hydrogens is 266 g/mol. The zero-order valence-corrected chi connectivity index (χ0v) is 11.3. The van der Waals surface area contributed by atoms with E-state index in [9.17, 15) is 4.79 Å². The van der Waals surface area contributed by atoms with Gasteiger partial charge in [0.15, 0.2) is 0 Å². The van der Waals surface area contributed by atoms with Crippen LogP contribution < -0.4 is 0 Å². The Morgan fingerprint density at radius 3 is 2.14 bits per heavy atom.